The number of carboxylic acids is 1. The Morgan fingerprint density at radius 2 is 2.35 bits per heavy atom. The van der Waals surface area contributed by atoms with Crippen LogP contribution >= 0.6 is 0 Å². The molecular formula is C13H18N2O2. The summed E-state index contributed by atoms with van der Waals surface area (Å²) in [5, 5.41) is 12.4. The smallest absolute Gasteiger partial charge is 0.339 e. The average molecular weight is 234 g/mol. The number of aryl methyl sites for hydroxylation is 1. The quantitative estimate of drug-likeness (QED) is 0.822. The van der Waals surface area contributed by atoms with Crippen LogP contribution in [-0.2, 0) is 0 Å². The highest BCUT2D eigenvalue weighted by atomic mass is 16.4. The van der Waals surface area contributed by atoms with E-state index in [1.807, 2.05) is 0 Å². The number of rotatable bonds is 5. The molecule has 2 rings (SSSR count). The minimum Gasteiger partial charge on any atom is -0.478 e. The summed E-state index contributed by atoms with van der Waals surface area (Å²) in [5.41, 5.74) is 1.03. The van der Waals surface area contributed by atoms with Crippen LogP contribution in [0.25, 0.3) is 0 Å². The first-order valence-corrected chi connectivity index (χ1v) is 6.03. The van der Waals surface area contributed by atoms with Gasteiger partial charge in [0.05, 0.1) is 0 Å². The first-order valence-electron chi connectivity index (χ1n) is 6.03. The van der Waals surface area contributed by atoms with E-state index in [2.05, 4.69) is 17.2 Å². The highest BCUT2D eigenvalue weighted by Gasteiger charge is 2.24. The van der Waals surface area contributed by atoms with Crippen LogP contribution in [0.1, 0.15) is 42.1 Å². The number of hydrogen-bond acceptors (Lipinski definition) is 3. The normalized spacial score (nSPS) is 16.6. The summed E-state index contributed by atoms with van der Waals surface area (Å²) in [5.74, 6) is 0.387. The number of nitrogens with zero attached hydrogens (tertiary/aromatic N) is 1. The van der Waals surface area contributed by atoms with Crippen molar-refractivity contribution in [3.63, 3.8) is 0 Å². The summed E-state index contributed by atoms with van der Waals surface area (Å²) in [6.45, 7) is 3.87. The SMILES string of the molecule is Cc1ccnc(NC(C)CC2CC2)c1C(=O)O. The fraction of sp³-hybridized carbons (Fsp3) is 0.538. The summed E-state index contributed by atoms with van der Waals surface area (Å²) >= 11 is 0. The Bertz CT molecular complexity index is 427. The minimum atomic E-state index is -0.920. The lowest BCUT2D eigenvalue weighted by molar-refractivity contribution is 0.0697. The van der Waals surface area contributed by atoms with E-state index in [1.165, 1.54) is 12.8 Å². The third-order valence-electron chi connectivity index (χ3n) is 3.14. The number of pyridine rings is 1. The maximum Gasteiger partial charge on any atom is 0.339 e. The fourth-order valence-corrected chi connectivity index (χ4v) is 2.08. The van der Waals surface area contributed by atoms with Gasteiger partial charge in [-0.1, -0.05) is 12.8 Å². The van der Waals surface area contributed by atoms with Crippen molar-refractivity contribution in [3.05, 3.63) is 23.4 Å². The number of carbonyl (C=O) groups is 1. The van der Waals surface area contributed by atoms with Crippen molar-refractivity contribution in [1.82, 2.24) is 4.98 Å². The largest absolute Gasteiger partial charge is 0.478 e. The Morgan fingerprint density at radius 1 is 1.65 bits per heavy atom. The first-order chi connectivity index (χ1) is 8.08. The van der Waals surface area contributed by atoms with Crippen molar-refractivity contribution in [3.8, 4) is 0 Å². The van der Waals surface area contributed by atoms with E-state index in [1.54, 1.807) is 19.2 Å². The monoisotopic (exact) mass is 234 g/mol. The van der Waals surface area contributed by atoms with Gasteiger partial charge in [-0.3, -0.25) is 0 Å². The summed E-state index contributed by atoms with van der Waals surface area (Å²) in [7, 11) is 0. The zero-order valence-electron chi connectivity index (χ0n) is 10.2. The lowest BCUT2D eigenvalue weighted by Crippen LogP contribution is -2.19. The van der Waals surface area contributed by atoms with Crippen LogP contribution in [0.15, 0.2) is 12.3 Å². The van der Waals surface area contributed by atoms with E-state index < -0.39 is 5.97 Å². The summed E-state index contributed by atoms with van der Waals surface area (Å²) < 4.78 is 0. The van der Waals surface area contributed by atoms with Gasteiger partial charge in [0.1, 0.15) is 11.4 Å². The molecule has 1 atom stereocenters. The molecule has 0 spiro atoms. The summed E-state index contributed by atoms with van der Waals surface area (Å²) in [4.78, 5) is 15.3. The minimum absolute atomic E-state index is 0.273. The second-order valence-electron chi connectivity index (χ2n) is 4.88. The van der Waals surface area contributed by atoms with Crippen LogP contribution in [0.3, 0.4) is 0 Å². The van der Waals surface area contributed by atoms with E-state index in [9.17, 15) is 9.90 Å². The van der Waals surface area contributed by atoms with E-state index >= 15 is 0 Å². The fourth-order valence-electron chi connectivity index (χ4n) is 2.08. The summed E-state index contributed by atoms with van der Waals surface area (Å²) in [6, 6.07) is 2.00. The molecular weight excluding hydrogens is 216 g/mol. The Hall–Kier alpha value is -1.58. The predicted octanol–water partition coefficient (Wildman–Crippen LogP) is 2.69. The molecule has 1 aromatic heterocycles. The molecule has 0 aliphatic heterocycles. The third-order valence-corrected chi connectivity index (χ3v) is 3.14. The van der Waals surface area contributed by atoms with Crippen LogP contribution < -0.4 is 5.32 Å². The maximum atomic E-state index is 11.2. The van der Waals surface area contributed by atoms with Crippen molar-refractivity contribution >= 4 is 11.8 Å². The zero-order valence-corrected chi connectivity index (χ0v) is 10.2. The van der Waals surface area contributed by atoms with Gasteiger partial charge in [0.15, 0.2) is 0 Å². The van der Waals surface area contributed by atoms with Crippen LogP contribution in [-0.4, -0.2) is 22.1 Å². The number of aromatic nitrogens is 1. The van der Waals surface area contributed by atoms with Crippen molar-refractivity contribution in [2.24, 2.45) is 5.92 Å². The molecule has 1 saturated carbocycles. The molecule has 0 aromatic carbocycles. The van der Waals surface area contributed by atoms with E-state index in [0.29, 0.717) is 5.82 Å². The maximum absolute atomic E-state index is 11.2. The molecule has 0 radical (unpaired) electrons. The highest BCUT2D eigenvalue weighted by Crippen LogP contribution is 2.34. The van der Waals surface area contributed by atoms with Gasteiger partial charge in [0.2, 0.25) is 0 Å². The molecule has 0 bridgehead atoms. The third kappa shape index (κ3) is 2.96. The molecule has 92 valence electrons. The van der Waals surface area contributed by atoms with Crippen molar-refractivity contribution in [1.29, 1.82) is 0 Å². The Balaban J connectivity index is 2.13. The van der Waals surface area contributed by atoms with Crippen LogP contribution in [0.5, 0.6) is 0 Å². The van der Waals surface area contributed by atoms with Crippen molar-refractivity contribution < 1.29 is 9.90 Å². The molecule has 1 fully saturated rings. The Morgan fingerprint density at radius 3 is 2.94 bits per heavy atom. The second kappa shape index (κ2) is 4.73. The van der Waals surface area contributed by atoms with E-state index in [-0.39, 0.29) is 11.6 Å². The van der Waals surface area contributed by atoms with Gasteiger partial charge in [-0.05, 0) is 37.8 Å². The molecule has 0 saturated heterocycles. The molecule has 1 unspecified atom stereocenters. The molecule has 4 heteroatoms. The van der Waals surface area contributed by atoms with Gasteiger partial charge in [0, 0.05) is 12.2 Å². The molecule has 1 aromatic rings. The van der Waals surface area contributed by atoms with Crippen molar-refractivity contribution in [2.45, 2.75) is 39.2 Å². The molecule has 1 aliphatic carbocycles. The lowest BCUT2D eigenvalue weighted by atomic mass is 10.1. The van der Waals surface area contributed by atoms with Crippen LogP contribution in [0.2, 0.25) is 0 Å². The number of carboxylic acid groups (broad SMARTS) is 1. The Labute approximate surface area is 101 Å². The molecule has 4 nitrogen and oxygen atoms in total. The average Bonchev–Trinajstić information content (AvgIpc) is 3.00. The van der Waals surface area contributed by atoms with Gasteiger partial charge in [0.25, 0.3) is 0 Å². The number of hydrogen-bond donors (Lipinski definition) is 2. The molecule has 17 heavy (non-hydrogen) atoms. The van der Waals surface area contributed by atoms with Gasteiger partial charge in [-0.2, -0.15) is 0 Å². The molecule has 1 heterocycles. The van der Waals surface area contributed by atoms with Crippen LogP contribution in [0.4, 0.5) is 5.82 Å². The lowest BCUT2D eigenvalue weighted by Gasteiger charge is -2.16. The topological polar surface area (TPSA) is 62.2 Å². The number of nitrogens with one attached hydrogen (secondary N) is 1. The molecule has 2 N–H and O–H groups in total. The Kier molecular flexibility index (Phi) is 3.31. The zero-order chi connectivity index (χ0) is 12.4. The van der Waals surface area contributed by atoms with Gasteiger partial charge >= 0.3 is 5.97 Å². The van der Waals surface area contributed by atoms with Gasteiger partial charge in [-0.15, -0.1) is 0 Å². The van der Waals surface area contributed by atoms with E-state index in [4.69, 9.17) is 0 Å². The van der Waals surface area contributed by atoms with Gasteiger partial charge in [-0.25, -0.2) is 9.78 Å². The first kappa shape index (κ1) is 11.9. The highest BCUT2D eigenvalue weighted by molar-refractivity contribution is 5.94. The second-order valence-corrected chi connectivity index (χ2v) is 4.88. The summed E-state index contributed by atoms with van der Waals surface area (Å²) in [6.07, 6.45) is 5.35. The van der Waals surface area contributed by atoms with Crippen molar-refractivity contribution in [2.75, 3.05) is 5.32 Å². The molecule has 1 aliphatic rings. The number of aromatic carboxylic acids is 1. The van der Waals surface area contributed by atoms with Crippen LogP contribution in [0, 0.1) is 12.8 Å². The molecule has 0 amide bonds. The van der Waals surface area contributed by atoms with Gasteiger partial charge < -0.3 is 10.4 Å². The predicted molar refractivity (Wildman–Crippen MR) is 66.4 cm³/mol. The van der Waals surface area contributed by atoms with E-state index in [0.717, 1.165) is 17.9 Å². The standard InChI is InChI=1S/C13H18N2O2/c1-8-5-6-14-12(11(8)13(16)17)15-9(2)7-10-3-4-10/h5-6,9-10H,3-4,7H2,1-2H3,(H,14,15)(H,16,17). The number of anilines is 1.